The average molecular weight is 473 g/mol. The number of fused-ring (bicyclic) bond motifs is 2. The van der Waals surface area contributed by atoms with E-state index in [0.29, 0.717) is 0 Å². The van der Waals surface area contributed by atoms with Gasteiger partial charge in [0, 0.05) is 38.1 Å². The maximum atomic E-state index is 13.0. The number of rotatable bonds is 3. The fraction of sp³-hybridized carbons (Fsp3) is 0.833. The highest BCUT2D eigenvalue weighted by Gasteiger charge is 2.64. The Morgan fingerprint density at radius 3 is 2.13 bits per heavy atom. The third-order valence-electron chi connectivity index (χ3n) is 8.67. The minimum absolute atomic E-state index is 0. The van der Waals surface area contributed by atoms with Gasteiger partial charge >= 0.3 is 0 Å². The molecule has 2 heterocycles. The highest BCUT2D eigenvalue weighted by molar-refractivity contribution is 6.04. The Hall–Kier alpha value is -0.800. The van der Waals surface area contributed by atoms with E-state index < -0.39 is 5.41 Å². The first-order valence-corrected chi connectivity index (χ1v) is 11.6. The van der Waals surface area contributed by atoms with Crippen molar-refractivity contribution in [1.29, 1.82) is 0 Å². The van der Waals surface area contributed by atoms with Crippen LogP contribution in [0.1, 0.15) is 65.7 Å². The number of hydrogen-bond acceptors (Lipinski definition) is 4. The van der Waals surface area contributed by atoms with Gasteiger partial charge in [-0.15, -0.1) is 24.8 Å². The standard InChI is InChI=1S/C24H37N3O2.2ClH/c1-23(2)20-11-12-24(23,3)22(29)27(21(20)28)14-8-7-13-25-15-17-26(18-16-25)19-9-5-4-6-10-19;;/h19-20H,4-6,9-18H2,1-3H3;2*1H. The minimum Gasteiger partial charge on any atom is -0.298 e. The SMILES string of the molecule is CC12CCC(C(=O)N(CC#CCN3CCN(C4CCCCC4)CC3)C1=O)C2(C)C.Cl.Cl. The van der Waals surface area contributed by atoms with Gasteiger partial charge in [0.25, 0.3) is 0 Å². The topological polar surface area (TPSA) is 43.9 Å². The van der Waals surface area contributed by atoms with Crippen molar-refractivity contribution in [1.82, 2.24) is 14.7 Å². The molecule has 2 atom stereocenters. The number of carbonyl (C=O) groups is 2. The van der Waals surface area contributed by atoms with E-state index in [2.05, 4.69) is 35.5 Å². The van der Waals surface area contributed by atoms with Crippen LogP contribution in [0.4, 0.5) is 0 Å². The summed E-state index contributed by atoms with van der Waals surface area (Å²) in [6.07, 6.45) is 8.56. The molecule has 2 amide bonds. The maximum Gasteiger partial charge on any atom is 0.236 e. The summed E-state index contributed by atoms with van der Waals surface area (Å²) < 4.78 is 0. The quantitative estimate of drug-likeness (QED) is 0.465. The molecule has 0 aromatic heterocycles. The lowest BCUT2D eigenvalue weighted by molar-refractivity contribution is -0.166. The highest BCUT2D eigenvalue weighted by atomic mass is 35.5. The van der Waals surface area contributed by atoms with E-state index >= 15 is 0 Å². The summed E-state index contributed by atoms with van der Waals surface area (Å²) in [6.45, 7) is 11.6. The minimum atomic E-state index is -0.428. The molecule has 0 radical (unpaired) electrons. The second-order valence-corrected chi connectivity index (χ2v) is 10.3. The van der Waals surface area contributed by atoms with E-state index in [1.807, 2.05) is 6.92 Å². The first-order valence-electron chi connectivity index (χ1n) is 11.6. The lowest BCUT2D eigenvalue weighted by Crippen LogP contribution is -2.59. The summed E-state index contributed by atoms with van der Waals surface area (Å²) in [5, 5.41) is 0. The molecule has 0 N–H and O–H groups in total. The average Bonchev–Trinajstić information content (AvgIpc) is 2.92. The summed E-state index contributed by atoms with van der Waals surface area (Å²) in [7, 11) is 0. The molecule has 5 nitrogen and oxygen atoms in total. The zero-order valence-corrected chi connectivity index (χ0v) is 21.0. The second-order valence-electron chi connectivity index (χ2n) is 10.3. The molecule has 2 saturated heterocycles. The Bertz CT molecular complexity index is 718. The van der Waals surface area contributed by atoms with Crippen LogP contribution in [-0.4, -0.2) is 71.8 Å². The van der Waals surface area contributed by atoms with Gasteiger partial charge in [0.15, 0.2) is 0 Å². The molecular weight excluding hydrogens is 433 g/mol. The molecule has 0 spiro atoms. The fourth-order valence-corrected chi connectivity index (χ4v) is 6.09. The smallest absolute Gasteiger partial charge is 0.236 e. The molecule has 2 aliphatic carbocycles. The number of halogens is 2. The molecule has 2 saturated carbocycles. The number of amides is 2. The lowest BCUT2D eigenvalue weighted by Gasteiger charge is -2.47. The molecular formula is C24H39Cl2N3O2. The maximum absolute atomic E-state index is 13.0. The Labute approximate surface area is 200 Å². The van der Waals surface area contributed by atoms with Crippen LogP contribution in [-0.2, 0) is 9.59 Å². The molecule has 2 bridgehead atoms. The first-order chi connectivity index (χ1) is 13.8. The van der Waals surface area contributed by atoms with Gasteiger partial charge in [0.1, 0.15) is 0 Å². The molecule has 2 unspecified atom stereocenters. The van der Waals surface area contributed by atoms with Crippen LogP contribution in [0.3, 0.4) is 0 Å². The van der Waals surface area contributed by atoms with E-state index in [9.17, 15) is 9.59 Å². The molecule has 2 aliphatic heterocycles. The summed E-state index contributed by atoms with van der Waals surface area (Å²) >= 11 is 0. The van der Waals surface area contributed by atoms with Crippen LogP contribution in [0.15, 0.2) is 0 Å². The van der Waals surface area contributed by atoms with E-state index in [0.717, 1.165) is 51.6 Å². The van der Waals surface area contributed by atoms with Gasteiger partial charge in [-0.05, 0) is 31.1 Å². The monoisotopic (exact) mass is 471 g/mol. The van der Waals surface area contributed by atoms with E-state index in [1.165, 1.54) is 37.0 Å². The molecule has 4 fully saturated rings. The Kier molecular flexibility index (Phi) is 8.89. The summed E-state index contributed by atoms with van der Waals surface area (Å²) in [5.74, 6) is 6.30. The zero-order valence-electron chi connectivity index (χ0n) is 19.3. The first kappa shape index (κ1) is 26.5. The van der Waals surface area contributed by atoms with Gasteiger partial charge < -0.3 is 0 Å². The largest absolute Gasteiger partial charge is 0.298 e. The van der Waals surface area contributed by atoms with Gasteiger partial charge in [-0.2, -0.15) is 0 Å². The van der Waals surface area contributed by atoms with Crippen molar-refractivity contribution < 1.29 is 9.59 Å². The van der Waals surface area contributed by atoms with Gasteiger partial charge in [0.2, 0.25) is 11.8 Å². The van der Waals surface area contributed by atoms with Gasteiger partial charge in [-0.3, -0.25) is 24.3 Å². The number of likely N-dealkylation sites (tertiary alicyclic amines) is 1. The Balaban J connectivity index is 0.00000171. The Morgan fingerprint density at radius 2 is 1.48 bits per heavy atom. The number of piperidine rings is 1. The van der Waals surface area contributed by atoms with Crippen LogP contribution in [0.25, 0.3) is 0 Å². The van der Waals surface area contributed by atoms with Crippen molar-refractivity contribution in [3.63, 3.8) is 0 Å². The predicted molar refractivity (Wildman–Crippen MR) is 128 cm³/mol. The van der Waals surface area contributed by atoms with Crippen LogP contribution in [0.2, 0.25) is 0 Å². The molecule has 0 aromatic rings. The number of imide groups is 1. The van der Waals surface area contributed by atoms with E-state index in [1.54, 1.807) is 0 Å². The molecule has 4 aliphatic rings. The number of nitrogens with zero attached hydrogens (tertiary/aromatic N) is 3. The van der Waals surface area contributed by atoms with Crippen LogP contribution in [0.5, 0.6) is 0 Å². The van der Waals surface area contributed by atoms with Crippen LogP contribution in [0, 0.1) is 28.6 Å². The number of piperazine rings is 1. The number of carbonyl (C=O) groups excluding carboxylic acids is 2. The normalized spacial score (nSPS) is 31.5. The third kappa shape index (κ3) is 4.78. The zero-order chi connectivity index (χ0) is 20.6. The lowest BCUT2D eigenvalue weighted by atomic mass is 9.62. The fourth-order valence-electron chi connectivity index (χ4n) is 6.09. The molecule has 4 rings (SSSR count). The van der Waals surface area contributed by atoms with Crippen molar-refractivity contribution in [2.75, 3.05) is 39.3 Å². The Morgan fingerprint density at radius 1 is 0.871 bits per heavy atom. The van der Waals surface area contributed by atoms with Gasteiger partial charge in [-0.1, -0.05) is 51.9 Å². The van der Waals surface area contributed by atoms with E-state index in [-0.39, 0.29) is 54.5 Å². The molecule has 31 heavy (non-hydrogen) atoms. The van der Waals surface area contributed by atoms with Crippen molar-refractivity contribution in [2.45, 2.75) is 71.8 Å². The van der Waals surface area contributed by atoms with Crippen molar-refractivity contribution in [2.24, 2.45) is 16.7 Å². The molecule has 7 heteroatoms. The van der Waals surface area contributed by atoms with E-state index in [4.69, 9.17) is 0 Å². The third-order valence-corrected chi connectivity index (χ3v) is 8.67. The van der Waals surface area contributed by atoms with Crippen molar-refractivity contribution in [3.05, 3.63) is 0 Å². The predicted octanol–water partition coefficient (Wildman–Crippen LogP) is 3.60. The van der Waals surface area contributed by atoms with Gasteiger partial charge in [0.05, 0.1) is 18.5 Å². The summed E-state index contributed by atoms with van der Waals surface area (Å²) in [4.78, 5) is 32.4. The molecule has 0 aromatic carbocycles. The highest BCUT2D eigenvalue weighted by Crippen LogP contribution is 2.59. The second kappa shape index (κ2) is 10.4. The van der Waals surface area contributed by atoms with Crippen LogP contribution < -0.4 is 0 Å². The molecule has 176 valence electrons. The van der Waals surface area contributed by atoms with Crippen LogP contribution >= 0.6 is 24.8 Å². The van der Waals surface area contributed by atoms with Crippen molar-refractivity contribution in [3.8, 4) is 11.8 Å². The van der Waals surface area contributed by atoms with Gasteiger partial charge in [-0.25, -0.2) is 0 Å². The number of hydrogen-bond donors (Lipinski definition) is 0. The summed E-state index contributed by atoms with van der Waals surface area (Å²) in [5.41, 5.74) is -0.675. The summed E-state index contributed by atoms with van der Waals surface area (Å²) in [6, 6.07) is 0.800. The van der Waals surface area contributed by atoms with Crippen molar-refractivity contribution >= 4 is 36.6 Å².